The Hall–Kier alpha value is -6.71. The van der Waals surface area contributed by atoms with Crippen LogP contribution in [0.25, 0.3) is 94.1 Å². The summed E-state index contributed by atoms with van der Waals surface area (Å²) in [6, 6.07) is 65.2. The van der Waals surface area contributed by atoms with Gasteiger partial charge in [0.05, 0.1) is 22.4 Å². The molecule has 0 unspecified atom stereocenters. The number of hydrogen-bond donors (Lipinski definition) is 0. The van der Waals surface area contributed by atoms with Crippen LogP contribution in [-0.2, 0) is 7.05 Å². The molecule has 0 N–H and O–H groups in total. The first-order valence-electron chi connectivity index (χ1n) is 17.5. The van der Waals surface area contributed by atoms with E-state index < -0.39 is 0 Å². The summed E-state index contributed by atoms with van der Waals surface area (Å²) in [6.45, 7) is 0. The van der Waals surface area contributed by atoms with E-state index in [0.717, 1.165) is 39.3 Å². The van der Waals surface area contributed by atoms with Gasteiger partial charge in [-0.2, -0.15) is 0 Å². The minimum Gasteiger partial charge on any atom is -0.344 e. The predicted octanol–water partition coefficient (Wildman–Crippen LogP) is 12.5. The number of para-hydroxylation sites is 2. The highest BCUT2D eigenvalue weighted by Crippen LogP contribution is 2.41. The number of benzene rings is 7. The van der Waals surface area contributed by atoms with Crippen LogP contribution in [0.4, 0.5) is 0 Å². The average molecular weight is 652 g/mol. The number of nitrogens with zero attached hydrogens (tertiary/aromatic N) is 3. The molecule has 3 nitrogen and oxygen atoms in total. The summed E-state index contributed by atoms with van der Waals surface area (Å²) < 4.78 is 4.73. The third-order valence-electron chi connectivity index (χ3n) is 10.4. The van der Waals surface area contributed by atoms with Crippen LogP contribution in [0, 0.1) is 0 Å². The Morgan fingerprint density at radius 1 is 0.373 bits per heavy atom. The Morgan fingerprint density at radius 3 is 1.67 bits per heavy atom. The molecule has 0 aliphatic rings. The van der Waals surface area contributed by atoms with Gasteiger partial charge < -0.3 is 9.13 Å². The van der Waals surface area contributed by atoms with Gasteiger partial charge in [0.15, 0.2) is 0 Å². The first kappa shape index (κ1) is 29.2. The van der Waals surface area contributed by atoms with E-state index in [0.29, 0.717) is 0 Å². The van der Waals surface area contributed by atoms with Gasteiger partial charge in [0.25, 0.3) is 0 Å². The van der Waals surface area contributed by atoms with Crippen LogP contribution in [0.1, 0.15) is 0 Å². The van der Waals surface area contributed by atoms with E-state index in [1.807, 2.05) is 0 Å². The minimum absolute atomic E-state index is 0.955. The molecule has 0 saturated carbocycles. The highest BCUT2D eigenvalue weighted by Gasteiger charge is 2.19. The standard InChI is InChI=1S/C48H33N3/c1-50-43-22-12-10-20-39(43)47-45(50)28-29-46-48(47)40-21-11-13-23-44(40)51(46)36-26-24-32(25-27-36)35-30-41(34-16-6-3-7-17-34)49-42(31-35)38-19-9-8-18-37(38)33-14-4-2-5-15-33/h2-31H,1H3. The Labute approximate surface area is 296 Å². The highest BCUT2D eigenvalue weighted by molar-refractivity contribution is 6.28. The number of pyridine rings is 1. The quantitative estimate of drug-likeness (QED) is 0.182. The topological polar surface area (TPSA) is 22.8 Å². The molecule has 51 heavy (non-hydrogen) atoms. The predicted molar refractivity (Wildman–Crippen MR) is 214 cm³/mol. The molecule has 240 valence electrons. The van der Waals surface area contributed by atoms with Gasteiger partial charge in [-0.1, -0.05) is 133 Å². The van der Waals surface area contributed by atoms with Gasteiger partial charge >= 0.3 is 0 Å². The summed E-state index contributed by atoms with van der Waals surface area (Å²) in [5.74, 6) is 0. The zero-order valence-corrected chi connectivity index (χ0v) is 28.2. The second-order valence-corrected chi connectivity index (χ2v) is 13.2. The van der Waals surface area contributed by atoms with Gasteiger partial charge in [-0.05, 0) is 70.8 Å². The third kappa shape index (κ3) is 4.70. The van der Waals surface area contributed by atoms with Gasteiger partial charge in [0.2, 0.25) is 0 Å². The van der Waals surface area contributed by atoms with Gasteiger partial charge in [-0.3, -0.25) is 0 Å². The van der Waals surface area contributed by atoms with Crippen molar-refractivity contribution >= 4 is 43.6 Å². The number of fused-ring (bicyclic) bond motifs is 7. The van der Waals surface area contributed by atoms with Crippen molar-refractivity contribution in [2.45, 2.75) is 0 Å². The number of aromatic nitrogens is 3. The van der Waals surface area contributed by atoms with Crippen molar-refractivity contribution in [3.8, 4) is 50.5 Å². The molecule has 0 bridgehead atoms. The van der Waals surface area contributed by atoms with Crippen molar-refractivity contribution in [1.82, 2.24) is 14.1 Å². The zero-order chi connectivity index (χ0) is 33.9. The van der Waals surface area contributed by atoms with Crippen molar-refractivity contribution in [3.63, 3.8) is 0 Å². The molecular weight excluding hydrogens is 619 g/mol. The fourth-order valence-corrected chi connectivity index (χ4v) is 7.96. The van der Waals surface area contributed by atoms with Crippen LogP contribution < -0.4 is 0 Å². The lowest BCUT2D eigenvalue weighted by atomic mass is 9.94. The van der Waals surface area contributed by atoms with Gasteiger partial charge in [-0.15, -0.1) is 0 Å². The van der Waals surface area contributed by atoms with Crippen LogP contribution in [0.5, 0.6) is 0 Å². The lowest BCUT2D eigenvalue weighted by molar-refractivity contribution is 1.01. The molecule has 0 amide bonds. The van der Waals surface area contributed by atoms with Gasteiger partial charge in [0, 0.05) is 56.4 Å². The van der Waals surface area contributed by atoms with Crippen LogP contribution in [0.2, 0.25) is 0 Å². The fraction of sp³-hybridized carbons (Fsp3) is 0.0208. The molecule has 10 aromatic rings. The van der Waals surface area contributed by atoms with Crippen LogP contribution in [0.3, 0.4) is 0 Å². The lowest BCUT2D eigenvalue weighted by Gasteiger charge is -2.14. The van der Waals surface area contributed by atoms with E-state index in [1.54, 1.807) is 0 Å². The molecule has 0 spiro atoms. The number of hydrogen-bond acceptors (Lipinski definition) is 1. The maximum Gasteiger partial charge on any atom is 0.0721 e. The van der Waals surface area contributed by atoms with Crippen LogP contribution in [-0.4, -0.2) is 14.1 Å². The summed E-state index contributed by atoms with van der Waals surface area (Å²) in [5.41, 5.74) is 14.8. The molecule has 3 heterocycles. The SMILES string of the molecule is Cn1c2ccccc2c2c3c4ccccc4n(-c4ccc(-c5cc(-c6ccccc6)nc(-c6ccccc6-c6ccccc6)c5)cc4)c3ccc21. The largest absolute Gasteiger partial charge is 0.344 e. The van der Waals surface area contributed by atoms with Crippen LogP contribution in [0.15, 0.2) is 182 Å². The Morgan fingerprint density at radius 2 is 0.922 bits per heavy atom. The Balaban J connectivity index is 1.15. The highest BCUT2D eigenvalue weighted by atomic mass is 15.0. The van der Waals surface area contributed by atoms with Crippen molar-refractivity contribution in [1.29, 1.82) is 0 Å². The van der Waals surface area contributed by atoms with Gasteiger partial charge in [0.1, 0.15) is 0 Å². The van der Waals surface area contributed by atoms with E-state index in [2.05, 4.69) is 198 Å². The molecule has 3 heteroatoms. The molecule has 10 rings (SSSR count). The summed E-state index contributed by atoms with van der Waals surface area (Å²) in [5, 5.41) is 5.16. The van der Waals surface area contributed by atoms with Crippen LogP contribution >= 0.6 is 0 Å². The van der Waals surface area contributed by atoms with Crippen molar-refractivity contribution in [2.75, 3.05) is 0 Å². The van der Waals surface area contributed by atoms with Crippen molar-refractivity contribution in [3.05, 3.63) is 182 Å². The molecule has 0 atom stereocenters. The summed E-state index contributed by atoms with van der Waals surface area (Å²) >= 11 is 0. The average Bonchev–Trinajstić information content (AvgIpc) is 3.70. The molecular formula is C48H33N3. The Bertz CT molecular complexity index is 2900. The maximum atomic E-state index is 5.25. The van der Waals surface area contributed by atoms with E-state index in [1.165, 1.54) is 54.7 Å². The summed E-state index contributed by atoms with van der Waals surface area (Å²) in [6.07, 6.45) is 0. The molecule has 3 aromatic heterocycles. The monoisotopic (exact) mass is 651 g/mol. The molecule has 7 aromatic carbocycles. The third-order valence-corrected chi connectivity index (χ3v) is 10.4. The van der Waals surface area contributed by atoms with E-state index in [4.69, 9.17) is 4.98 Å². The minimum atomic E-state index is 0.955. The lowest BCUT2D eigenvalue weighted by Crippen LogP contribution is -1.95. The van der Waals surface area contributed by atoms with Crippen molar-refractivity contribution < 1.29 is 0 Å². The Kier molecular flexibility index (Phi) is 6.71. The second-order valence-electron chi connectivity index (χ2n) is 13.2. The smallest absolute Gasteiger partial charge is 0.0721 e. The first-order valence-corrected chi connectivity index (χ1v) is 17.5. The summed E-state index contributed by atoms with van der Waals surface area (Å²) in [7, 11) is 2.17. The molecule has 0 aliphatic heterocycles. The molecule has 0 saturated heterocycles. The van der Waals surface area contributed by atoms with Crippen molar-refractivity contribution in [2.24, 2.45) is 7.05 Å². The second kappa shape index (κ2) is 11.7. The first-order chi connectivity index (χ1) is 25.2. The van der Waals surface area contributed by atoms with Gasteiger partial charge in [-0.25, -0.2) is 4.98 Å². The van der Waals surface area contributed by atoms with E-state index in [-0.39, 0.29) is 0 Å². The normalized spacial score (nSPS) is 11.6. The maximum absolute atomic E-state index is 5.25. The molecule has 0 fully saturated rings. The zero-order valence-electron chi connectivity index (χ0n) is 28.2. The number of aryl methyl sites for hydroxylation is 1. The molecule has 0 radical (unpaired) electrons. The van der Waals surface area contributed by atoms with E-state index in [9.17, 15) is 0 Å². The van der Waals surface area contributed by atoms with E-state index >= 15 is 0 Å². The fourth-order valence-electron chi connectivity index (χ4n) is 7.96. The number of rotatable bonds is 5. The molecule has 0 aliphatic carbocycles. The summed E-state index contributed by atoms with van der Waals surface area (Å²) in [4.78, 5) is 5.25.